The van der Waals surface area contributed by atoms with Gasteiger partial charge in [0, 0.05) is 29.7 Å². The van der Waals surface area contributed by atoms with Crippen LogP contribution in [0.2, 0.25) is 0 Å². The molecule has 1 aliphatic heterocycles. The van der Waals surface area contributed by atoms with Gasteiger partial charge in [-0.15, -0.1) is 5.53 Å². The lowest BCUT2D eigenvalue weighted by Gasteiger charge is -2.28. The van der Waals surface area contributed by atoms with E-state index < -0.39 is 0 Å². The van der Waals surface area contributed by atoms with Crippen molar-refractivity contribution in [2.75, 3.05) is 23.6 Å². The van der Waals surface area contributed by atoms with Crippen LogP contribution in [0.4, 0.5) is 11.4 Å². The van der Waals surface area contributed by atoms with Crippen LogP contribution < -0.4 is 16.0 Å². The van der Waals surface area contributed by atoms with E-state index in [-0.39, 0.29) is 12.0 Å². The Morgan fingerprint density at radius 2 is 2.00 bits per heavy atom. The SMILES string of the molecule is CCc1ccccc1-c1nc(-c2ccc3c(c2)NNN3CC(C)(C)CO)no1. The topological polar surface area (TPSA) is 86.5 Å². The van der Waals surface area contributed by atoms with E-state index in [1.165, 1.54) is 5.56 Å². The average molecular weight is 379 g/mol. The van der Waals surface area contributed by atoms with Crippen LogP contribution in [0.1, 0.15) is 26.3 Å². The summed E-state index contributed by atoms with van der Waals surface area (Å²) in [5, 5.41) is 15.7. The summed E-state index contributed by atoms with van der Waals surface area (Å²) in [6, 6.07) is 14.1. The first kappa shape index (κ1) is 18.5. The third kappa shape index (κ3) is 3.46. The predicted molar refractivity (Wildman–Crippen MR) is 110 cm³/mol. The second-order valence-electron chi connectivity index (χ2n) is 7.81. The molecule has 7 heteroatoms. The number of nitrogens with one attached hydrogen (secondary N) is 2. The first-order chi connectivity index (χ1) is 13.5. The molecule has 0 atom stereocenters. The summed E-state index contributed by atoms with van der Waals surface area (Å²) in [5.41, 5.74) is 11.1. The quantitative estimate of drug-likeness (QED) is 0.603. The first-order valence-corrected chi connectivity index (χ1v) is 9.47. The van der Waals surface area contributed by atoms with Gasteiger partial charge in [0.25, 0.3) is 5.89 Å². The Kier molecular flexibility index (Phi) is 4.78. The highest BCUT2D eigenvalue weighted by Gasteiger charge is 2.26. The summed E-state index contributed by atoms with van der Waals surface area (Å²) < 4.78 is 5.53. The van der Waals surface area contributed by atoms with E-state index >= 15 is 0 Å². The van der Waals surface area contributed by atoms with Crippen LogP contribution >= 0.6 is 0 Å². The molecule has 146 valence electrons. The van der Waals surface area contributed by atoms with E-state index in [4.69, 9.17) is 4.52 Å². The molecule has 0 saturated heterocycles. The van der Waals surface area contributed by atoms with Crippen LogP contribution in [0.3, 0.4) is 0 Å². The van der Waals surface area contributed by atoms with Crippen molar-refractivity contribution in [3.63, 3.8) is 0 Å². The highest BCUT2D eigenvalue weighted by molar-refractivity contribution is 5.78. The summed E-state index contributed by atoms with van der Waals surface area (Å²) in [5.74, 6) is 1.09. The van der Waals surface area contributed by atoms with Crippen LogP contribution in [0.15, 0.2) is 47.0 Å². The van der Waals surface area contributed by atoms with E-state index in [1.807, 2.05) is 55.3 Å². The molecule has 2 aromatic carbocycles. The van der Waals surface area contributed by atoms with Crippen molar-refractivity contribution in [3.05, 3.63) is 48.0 Å². The number of nitrogens with zero attached hydrogens (tertiary/aromatic N) is 3. The maximum atomic E-state index is 9.53. The lowest BCUT2D eigenvalue weighted by molar-refractivity contribution is 0.162. The summed E-state index contributed by atoms with van der Waals surface area (Å²) in [6.45, 7) is 6.94. The van der Waals surface area contributed by atoms with E-state index in [0.29, 0.717) is 18.3 Å². The third-order valence-corrected chi connectivity index (χ3v) is 4.94. The molecule has 0 bridgehead atoms. The summed E-state index contributed by atoms with van der Waals surface area (Å²) >= 11 is 0. The molecular formula is C21H25N5O2. The third-order valence-electron chi connectivity index (χ3n) is 4.94. The minimum Gasteiger partial charge on any atom is -0.396 e. The van der Waals surface area contributed by atoms with Crippen LogP contribution in [0.25, 0.3) is 22.8 Å². The molecule has 28 heavy (non-hydrogen) atoms. The summed E-state index contributed by atoms with van der Waals surface area (Å²) in [4.78, 5) is 4.60. The molecule has 0 radical (unpaired) electrons. The molecule has 2 heterocycles. The molecule has 0 amide bonds. The van der Waals surface area contributed by atoms with Crippen molar-refractivity contribution in [1.29, 1.82) is 0 Å². The number of aliphatic hydroxyl groups is 1. The van der Waals surface area contributed by atoms with Gasteiger partial charge in [-0.25, -0.2) is 0 Å². The lowest BCUT2D eigenvalue weighted by atomic mass is 9.94. The molecular weight excluding hydrogens is 354 g/mol. The van der Waals surface area contributed by atoms with E-state index in [0.717, 1.165) is 28.9 Å². The number of fused-ring (bicyclic) bond motifs is 1. The monoisotopic (exact) mass is 379 g/mol. The van der Waals surface area contributed by atoms with Gasteiger partial charge >= 0.3 is 0 Å². The van der Waals surface area contributed by atoms with E-state index in [9.17, 15) is 5.11 Å². The Labute approximate surface area is 164 Å². The van der Waals surface area contributed by atoms with Crippen LogP contribution in [0.5, 0.6) is 0 Å². The molecule has 1 aliphatic rings. The van der Waals surface area contributed by atoms with Crippen molar-refractivity contribution >= 4 is 11.4 Å². The molecule has 0 spiro atoms. The molecule has 3 N–H and O–H groups in total. The number of rotatable bonds is 6. The van der Waals surface area contributed by atoms with Crippen molar-refractivity contribution in [2.24, 2.45) is 5.41 Å². The molecule has 7 nitrogen and oxygen atoms in total. The number of hydrogen-bond donors (Lipinski definition) is 3. The Hall–Kier alpha value is -2.90. The molecule has 0 unspecified atom stereocenters. The zero-order chi connectivity index (χ0) is 19.7. The Morgan fingerprint density at radius 1 is 1.18 bits per heavy atom. The molecule has 0 aliphatic carbocycles. The number of aromatic nitrogens is 2. The standard InChI is InChI=1S/C21H25N5O2/c1-4-14-7-5-6-8-16(14)20-22-19(24-28-20)15-9-10-18-17(11-15)23-25-26(18)12-21(2,3)13-27/h5-11,23,25,27H,4,12-13H2,1-3H3. The van der Waals surface area contributed by atoms with E-state index in [2.05, 4.69) is 34.1 Å². The number of benzene rings is 2. The van der Waals surface area contributed by atoms with E-state index in [1.54, 1.807) is 0 Å². The van der Waals surface area contributed by atoms with Crippen LogP contribution in [-0.2, 0) is 6.42 Å². The number of aliphatic hydroxyl groups excluding tert-OH is 1. The van der Waals surface area contributed by atoms with Gasteiger partial charge in [-0.1, -0.05) is 44.1 Å². The van der Waals surface area contributed by atoms with Crippen molar-refractivity contribution < 1.29 is 9.63 Å². The molecule has 0 saturated carbocycles. The lowest BCUT2D eigenvalue weighted by Crippen LogP contribution is -2.43. The fourth-order valence-electron chi connectivity index (χ4n) is 3.29. The van der Waals surface area contributed by atoms with Gasteiger partial charge in [0.2, 0.25) is 5.82 Å². The second kappa shape index (κ2) is 7.26. The van der Waals surface area contributed by atoms with Gasteiger partial charge in [0.05, 0.1) is 11.4 Å². The zero-order valence-electron chi connectivity index (χ0n) is 16.4. The highest BCUT2D eigenvalue weighted by Crippen LogP contribution is 2.35. The number of hydrazine groups is 2. The average Bonchev–Trinajstić information content (AvgIpc) is 3.35. The summed E-state index contributed by atoms with van der Waals surface area (Å²) in [6.07, 6.45) is 0.905. The van der Waals surface area contributed by atoms with Gasteiger partial charge in [-0.3, -0.25) is 5.01 Å². The van der Waals surface area contributed by atoms with Crippen molar-refractivity contribution in [1.82, 2.24) is 15.7 Å². The van der Waals surface area contributed by atoms with Crippen molar-refractivity contribution in [2.45, 2.75) is 27.2 Å². The molecule has 1 aromatic heterocycles. The van der Waals surface area contributed by atoms with Gasteiger partial charge in [0.1, 0.15) is 0 Å². The first-order valence-electron chi connectivity index (χ1n) is 9.47. The highest BCUT2D eigenvalue weighted by atomic mass is 16.5. The molecule has 0 fully saturated rings. The largest absolute Gasteiger partial charge is 0.396 e. The molecule has 4 rings (SSSR count). The number of aryl methyl sites for hydroxylation is 1. The second-order valence-corrected chi connectivity index (χ2v) is 7.81. The Balaban J connectivity index is 1.60. The Bertz CT molecular complexity index is 982. The van der Waals surface area contributed by atoms with Gasteiger partial charge in [-0.05, 0) is 36.2 Å². The van der Waals surface area contributed by atoms with Gasteiger partial charge < -0.3 is 15.1 Å². The smallest absolute Gasteiger partial charge is 0.258 e. The molecule has 3 aromatic rings. The zero-order valence-corrected chi connectivity index (χ0v) is 16.4. The van der Waals surface area contributed by atoms with Crippen LogP contribution in [0, 0.1) is 5.41 Å². The van der Waals surface area contributed by atoms with Crippen molar-refractivity contribution in [3.8, 4) is 22.8 Å². The minimum atomic E-state index is -0.218. The maximum absolute atomic E-state index is 9.53. The van der Waals surface area contributed by atoms with Crippen LogP contribution in [-0.4, -0.2) is 28.4 Å². The Morgan fingerprint density at radius 3 is 2.79 bits per heavy atom. The normalized spacial score (nSPS) is 13.5. The number of anilines is 2. The number of hydrogen-bond acceptors (Lipinski definition) is 7. The summed E-state index contributed by atoms with van der Waals surface area (Å²) in [7, 11) is 0. The van der Waals surface area contributed by atoms with Gasteiger partial charge in [0.15, 0.2) is 0 Å². The fourth-order valence-corrected chi connectivity index (χ4v) is 3.29. The fraction of sp³-hybridized carbons (Fsp3) is 0.333. The predicted octanol–water partition coefficient (Wildman–Crippen LogP) is 3.64. The van der Waals surface area contributed by atoms with Gasteiger partial charge in [-0.2, -0.15) is 4.98 Å². The minimum absolute atomic E-state index is 0.115. The maximum Gasteiger partial charge on any atom is 0.258 e.